The molecule has 1 heterocycles. The lowest BCUT2D eigenvalue weighted by molar-refractivity contribution is 0.572. The van der Waals surface area contributed by atoms with Crippen LogP contribution in [-0.2, 0) is 18.8 Å². The second kappa shape index (κ2) is 5.03. The van der Waals surface area contributed by atoms with E-state index in [1.54, 1.807) is 16.8 Å². The van der Waals surface area contributed by atoms with Crippen LogP contribution in [-0.4, -0.2) is 20.2 Å². The Morgan fingerprint density at radius 3 is 2.69 bits per heavy atom. The van der Waals surface area contributed by atoms with Crippen LogP contribution in [0.4, 0.5) is 4.39 Å². The van der Waals surface area contributed by atoms with E-state index in [9.17, 15) is 4.39 Å². The Balaban J connectivity index is 1.99. The average Bonchev–Trinajstić information content (AvgIpc) is 2.76. The first kappa shape index (κ1) is 11.0. The molecule has 1 aromatic carbocycles. The first-order valence-electron chi connectivity index (χ1n) is 4.85. The number of hydrogen-bond acceptors (Lipinski definition) is 3. The van der Waals surface area contributed by atoms with Crippen LogP contribution in [0.5, 0.6) is 0 Å². The lowest BCUT2D eigenvalue weighted by Crippen LogP contribution is -2.07. The van der Waals surface area contributed by atoms with Crippen molar-refractivity contribution >= 4 is 11.6 Å². The van der Waals surface area contributed by atoms with Crippen LogP contribution in [0.2, 0.25) is 0 Å². The molecule has 0 saturated heterocycles. The highest BCUT2D eigenvalue weighted by Crippen LogP contribution is 2.05. The molecule has 2 aromatic rings. The largest absolute Gasteiger partial charge is 0.228 e. The van der Waals surface area contributed by atoms with Gasteiger partial charge >= 0.3 is 0 Å². The van der Waals surface area contributed by atoms with E-state index in [0.29, 0.717) is 12.4 Å². The number of alkyl halides is 1. The SMILES string of the molecule is Fc1ccc(CCn2nnnc2CCl)cc1. The molecule has 0 fully saturated rings. The summed E-state index contributed by atoms with van der Waals surface area (Å²) in [5.41, 5.74) is 1.04. The molecule has 0 aliphatic carbocycles. The predicted octanol–water partition coefficient (Wildman–Crippen LogP) is 1.79. The van der Waals surface area contributed by atoms with Gasteiger partial charge in [-0.05, 0) is 34.5 Å². The Bertz CT molecular complexity index is 454. The number of tetrazole rings is 1. The van der Waals surface area contributed by atoms with Gasteiger partial charge in [-0.3, -0.25) is 0 Å². The molecule has 0 saturated carbocycles. The summed E-state index contributed by atoms with van der Waals surface area (Å²) in [5, 5.41) is 11.1. The highest BCUT2D eigenvalue weighted by Gasteiger charge is 2.04. The van der Waals surface area contributed by atoms with E-state index in [4.69, 9.17) is 11.6 Å². The molecule has 2 rings (SSSR count). The standard InChI is InChI=1S/C10H10ClFN4/c11-7-10-13-14-15-16(10)6-5-8-1-3-9(12)4-2-8/h1-4H,5-7H2. The van der Waals surface area contributed by atoms with E-state index < -0.39 is 0 Å². The molecule has 6 heteroatoms. The van der Waals surface area contributed by atoms with Crippen molar-refractivity contribution in [2.45, 2.75) is 18.8 Å². The zero-order valence-corrected chi connectivity index (χ0v) is 9.23. The summed E-state index contributed by atoms with van der Waals surface area (Å²) < 4.78 is 14.3. The van der Waals surface area contributed by atoms with Gasteiger partial charge in [0, 0.05) is 6.54 Å². The third-order valence-electron chi connectivity index (χ3n) is 2.25. The molecule has 0 aliphatic heterocycles. The van der Waals surface area contributed by atoms with Gasteiger partial charge in [-0.1, -0.05) is 12.1 Å². The second-order valence-electron chi connectivity index (χ2n) is 3.33. The minimum Gasteiger partial charge on any atom is -0.228 e. The van der Waals surface area contributed by atoms with E-state index in [1.165, 1.54) is 12.1 Å². The lowest BCUT2D eigenvalue weighted by atomic mass is 10.1. The Morgan fingerprint density at radius 1 is 1.25 bits per heavy atom. The summed E-state index contributed by atoms with van der Waals surface area (Å²) in [7, 11) is 0. The second-order valence-corrected chi connectivity index (χ2v) is 3.60. The van der Waals surface area contributed by atoms with Crippen molar-refractivity contribution in [1.29, 1.82) is 0 Å². The summed E-state index contributed by atoms with van der Waals surface area (Å²) >= 11 is 5.66. The molecule has 4 nitrogen and oxygen atoms in total. The van der Waals surface area contributed by atoms with Gasteiger partial charge in [0.05, 0.1) is 5.88 Å². The van der Waals surface area contributed by atoms with Crippen molar-refractivity contribution in [1.82, 2.24) is 20.2 Å². The van der Waals surface area contributed by atoms with Crippen molar-refractivity contribution in [3.05, 3.63) is 41.5 Å². The molecule has 1 aromatic heterocycles. The summed E-state index contributed by atoms with van der Waals surface area (Å²) in [6.07, 6.45) is 0.745. The first-order chi connectivity index (χ1) is 7.79. The normalized spacial score (nSPS) is 10.6. The Labute approximate surface area is 97.0 Å². The van der Waals surface area contributed by atoms with E-state index >= 15 is 0 Å². The van der Waals surface area contributed by atoms with Gasteiger partial charge in [0.25, 0.3) is 0 Å². The number of rotatable bonds is 4. The van der Waals surface area contributed by atoms with Gasteiger partial charge < -0.3 is 0 Å². The van der Waals surface area contributed by atoms with Crippen LogP contribution in [0.3, 0.4) is 0 Å². The number of hydrogen-bond donors (Lipinski definition) is 0. The monoisotopic (exact) mass is 240 g/mol. The lowest BCUT2D eigenvalue weighted by Gasteiger charge is -2.02. The van der Waals surface area contributed by atoms with Crippen molar-refractivity contribution in [2.24, 2.45) is 0 Å². The summed E-state index contributed by atoms with van der Waals surface area (Å²) in [5.74, 6) is 0.701. The quantitative estimate of drug-likeness (QED) is 0.766. The van der Waals surface area contributed by atoms with Crippen LogP contribution < -0.4 is 0 Å². The van der Waals surface area contributed by atoms with E-state index in [1.807, 2.05) is 0 Å². The predicted molar refractivity (Wildman–Crippen MR) is 57.5 cm³/mol. The van der Waals surface area contributed by atoms with Gasteiger partial charge in [0.15, 0.2) is 5.82 Å². The van der Waals surface area contributed by atoms with Crippen LogP contribution in [0, 0.1) is 5.82 Å². The molecule has 0 bridgehead atoms. The maximum absolute atomic E-state index is 12.7. The Kier molecular flexibility index (Phi) is 3.46. The minimum absolute atomic E-state index is 0.229. The van der Waals surface area contributed by atoms with Crippen LogP contribution in [0.1, 0.15) is 11.4 Å². The summed E-state index contributed by atoms with van der Waals surface area (Å²) in [4.78, 5) is 0. The number of aromatic nitrogens is 4. The molecule has 0 spiro atoms. The molecule has 0 N–H and O–H groups in total. The van der Waals surface area contributed by atoms with E-state index in [-0.39, 0.29) is 11.7 Å². The molecule has 0 atom stereocenters. The molecule has 84 valence electrons. The zero-order valence-electron chi connectivity index (χ0n) is 8.48. The smallest absolute Gasteiger partial charge is 0.166 e. The molecular formula is C10H10ClFN4. The fourth-order valence-corrected chi connectivity index (χ4v) is 1.57. The maximum atomic E-state index is 12.7. The molecular weight excluding hydrogens is 231 g/mol. The van der Waals surface area contributed by atoms with Crippen molar-refractivity contribution in [3.8, 4) is 0 Å². The van der Waals surface area contributed by atoms with Gasteiger partial charge in [-0.15, -0.1) is 16.7 Å². The minimum atomic E-state index is -0.229. The van der Waals surface area contributed by atoms with Crippen LogP contribution in [0.25, 0.3) is 0 Å². The Morgan fingerprint density at radius 2 is 2.00 bits per heavy atom. The summed E-state index contributed by atoms with van der Waals surface area (Å²) in [6, 6.07) is 6.38. The fourth-order valence-electron chi connectivity index (χ4n) is 1.38. The maximum Gasteiger partial charge on any atom is 0.166 e. The van der Waals surface area contributed by atoms with E-state index in [0.717, 1.165) is 12.0 Å². The number of nitrogens with zero attached hydrogens (tertiary/aromatic N) is 4. The topological polar surface area (TPSA) is 43.6 Å². The van der Waals surface area contributed by atoms with Crippen molar-refractivity contribution in [3.63, 3.8) is 0 Å². The fraction of sp³-hybridized carbons (Fsp3) is 0.300. The third kappa shape index (κ3) is 2.55. The highest BCUT2D eigenvalue weighted by molar-refractivity contribution is 6.16. The first-order valence-corrected chi connectivity index (χ1v) is 5.38. The highest BCUT2D eigenvalue weighted by atomic mass is 35.5. The van der Waals surface area contributed by atoms with Gasteiger partial charge in [-0.25, -0.2) is 9.07 Å². The van der Waals surface area contributed by atoms with Gasteiger partial charge in [0.2, 0.25) is 0 Å². The number of halogens is 2. The average molecular weight is 241 g/mol. The molecule has 0 amide bonds. The van der Waals surface area contributed by atoms with Gasteiger partial charge in [-0.2, -0.15) is 0 Å². The Hall–Kier alpha value is -1.49. The molecule has 0 radical (unpaired) electrons. The zero-order chi connectivity index (χ0) is 11.4. The van der Waals surface area contributed by atoms with Crippen LogP contribution in [0.15, 0.2) is 24.3 Å². The number of aryl methyl sites for hydroxylation is 2. The molecule has 16 heavy (non-hydrogen) atoms. The van der Waals surface area contributed by atoms with Gasteiger partial charge in [0.1, 0.15) is 5.82 Å². The molecule has 0 unspecified atom stereocenters. The van der Waals surface area contributed by atoms with E-state index in [2.05, 4.69) is 15.5 Å². The van der Waals surface area contributed by atoms with Crippen LogP contribution >= 0.6 is 11.6 Å². The number of benzene rings is 1. The summed E-state index contributed by atoms with van der Waals surface area (Å²) in [6.45, 7) is 0.640. The third-order valence-corrected chi connectivity index (χ3v) is 2.49. The molecule has 0 aliphatic rings. The van der Waals surface area contributed by atoms with Crippen molar-refractivity contribution < 1.29 is 4.39 Å². The van der Waals surface area contributed by atoms with Crippen molar-refractivity contribution in [2.75, 3.05) is 0 Å².